The van der Waals surface area contributed by atoms with Gasteiger partial charge in [0.15, 0.2) is 5.75 Å². The maximum absolute atomic E-state index is 12.6. The van der Waals surface area contributed by atoms with Crippen molar-refractivity contribution < 1.29 is 14.2 Å². The van der Waals surface area contributed by atoms with Crippen LogP contribution in [0.15, 0.2) is 72.0 Å². The summed E-state index contributed by atoms with van der Waals surface area (Å²) in [6.45, 7) is 0.989. The third kappa shape index (κ3) is 4.55. The van der Waals surface area contributed by atoms with Crippen molar-refractivity contribution in [2.45, 2.75) is 19.4 Å². The summed E-state index contributed by atoms with van der Waals surface area (Å²) in [7, 11) is 1.65. The molecule has 33 heavy (non-hydrogen) atoms. The first-order valence-electron chi connectivity index (χ1n) is 10.6. The molecule has 0 N–H and O–H groups in total. The molecule has 0 saturated heterocycles. The molecule has 4 aromatic rings. The molecule has 0 amide bonds. The Morgan fingerprint density at radius 1 is 0.970 bits per heavy atom. The van der Waals surface area contributed by atoms with Gasteiger partial charge in [-0.15, -0.1) is 0 Å². The number of aryl methyl sites for hydroxylation is 1. The van der Waals surface area contributed by atoms with Crippen LogP contribution in [0.1, 0.15) is 11.1 Å². The molecule has 5 rings (SSSR count). The Labute approximate surface area is 190 Å². The fourth-order valence-electron chi connectivity index (χ4n) is 3.86. The Balaban J connectivity index is 1.25. The van der Waals surface area contributed by atoms with E-state index in [1.54, 1.807) is 24.1 Å². The first-order valence-corrected chi connectivity index (χ1v) is 10.6. The average molecular weight is 442 g/mol. The molecule has 0 bridgehead atoms. The van der Waals surface area contributed by atoms with Gasteiger partial charge in [-0.1, -0.05) is 12.1 Å². The number of fused-ring (bicyclic) bond motifs is 3. The van der Waals surface area contributed by atoms with Crippen molar-refractivity contribution in [1.82, 2.24) is 19.5 Å². The molecular weight excluding hydrogens is 420 g/mol. The molecule has 2 aromatic heterocycles. The average Bonchev–Trinajstić information content (AvgIpc) is 2.85. The van der Waals surface area contributed by atoms with Crippen LogP contribution in [-0.4, -0.2) is 33.2 Å². The normalized spacial score (nSPS) is 11.9. The first kappa shape index (κ1) is 20.7. The number of methoxy groups -OCH3 is 1. The first-order chi connectivity index (χ1) is 16.2. The van der Waals surface area contributed by atoms with E-state index in [4.69, 9.17) is 14.2 Å². The van der Waals surface area contributed by atoms with Crippen LogP contribution in [0.3, 0.4) is 0 Å². The van der Waals surface area contributed by atoms with Crippen molar-refractivity contribution >= 4 is 0 Å². The molecular formula is C25H22N4O4. The predicted octanol–water partition coefficient (Wildman–Crippen LogP) is 3.68. The van der Waals surface area contributed by atoms with Gasteiger partial charge in [0.2, 0.25) is 5.88 Å². The highest BCUT2D eigenvalue weighted by Gasteiger charge is 2.19. The highest BCUT2D eigenvalue weighted by Crippen LogP contribution is 2.32. The predicted molar refractivity (Wildman–Crippen MR) is 122 cm³/mol. The fourth-order valence-corrected chi connectivity index (χ4v) is 3.86. The van der Waals surface area contributed by atoms with E-state index in [0.717, 1.165) is 34.6 Å². The maximum Gasteiger partial charge on any atom is 0.351 e. The van der Waals surface area contributed by atoms with Crippen molar-refractivity contribution in [3.05, 3.63) is 88.9 Å². The summed E-state index contributed by atoms with van der Waals surface area (Å²) in [4.78, 5) is 24.5. The molecule has 0 fully saturated rings. The van der Waals surface area contributed by atoms with E-state index in [2.05, 4.69) is 15.0 Å². The van der Waals surface area contributed by atoms with E-state index in [-0.39, 0.29) is 5.69 Å². The van der Waals surface area contributed by atoms with Crippen molar-refractivity contribution in [2.75, 3.05) is 13.7 Å². The van der Waals surface area contributed by atoms with Crippen molar-refractivity contribution in [2.24, 2.45) is 0 Å². The van der Waals surface area contributed by atoms with Crippen LogP contribution in [0.5, 0.6) is 23.1 Å². The fraction of sp³-hybridized carbons (Fsp3) is 0.200. The van der Waals surface area contributed by atoms with Gasteiger partial charge in [-0.3, -0.25) is 4.57 Å². The lowest BCUT2D eigenvalue weighted by molar-refractivity contribution is 0.306. The number of ether oxygens (including phenoxy) is 3. The Morgan fingerprint density at radius 3 is 2.55 bits per heavy atom. The van der Waals surface area contributed by atoms with Gasteiger partial charge in [-0.2, -0.15) is 4.98 Å². The van der Waals surface area contributed by atoms with E-state index in [1.165, 1.54) is 6.33 Å². The summed E-state index contributed by atoms with van der Waals surface area (Å²) in [5.41, 5.74) is 3.76. The van der Waals surface area contributed by atoms with Gasteiger partial charge in [0.1, 0.15) is 17.8 Å². The Hall–Kier alpha value is -4.20. The zero-order valence-corrected chi connectivity index (χ0v) is 18.1. The molecule has 1 aliphatic rings. The van der Waals surface area contributed by atoms with Crippen LogP contribution < -0.4 is 19.9 Å². The summed E-state index contributed by atoms with van der Waals surface area (Å²) in [5.74, 6) is 2.43. The summed E-state index contributed by atoms with van der Waals surface area (Å²) in [6.07, 6.45) is 6.11. The third-order valence-corrected chi connectivity index (χ3v) is 5.52. The van der Waals surface area contributed by atoms with Gasteiger partial charge in [0.25, 0.3) is 0 Å². The zero-order chi connectivity index (χ0) is 22.6. The maximum atomic E-state index is 12.6. The smallest absolute Gasteiger partial charge is 0.351 e. The molecule has 1 aliphatic heterocycles. The molecule has 0 unspecified atom stereocenters. The van der Waals surface area contributed by atoms with E-state index < -0.39 is 0 Å². The lowest BCUT2D eigenvalue weighted by Crippen LogP contribution is -2.28. The SMILES string of the molecule is COc1ccc2c(c1)CCn1c-2cc(OCCc2ccc(Oc3cncnc3)cc2)nc1=O. The molecule has 0 radical (unpaired) electrons. The van der Waals surface area contributed by atoms with E-state index in [9.17, 15) is 4.79 Å². The monoisotopic (exact) mass is 442 g/mol. The van der Waals surface area contributed by atoms with Crippen LogP contribution in [0, 0.1) is 0 Å². The van der Waals surface area contributed by atoms with Crippen molar-refractivity contribution in [3.63, 3.8) is 0 Å². The van der Waals surface area contributed by atoms with Crippen LogP contribution in [0.4, 0.5) is 0 Å². The molecule has 0 aliphatic carbocycles. The van der Waals surface area contributed by atoms with Gasteiger partial charge in [0, 0.05) is 24.6 Å². The number of hydrogen-bond donors (Lipinski definition) is 0. The summed E-state index contributed by atoms with van der Waals surface area (Å²) < 4.78 is 18.6. The standard InChI is InChI=1S/C25H22N4O4/c1-31-20-6-7-22-18(12-20)8-10-29-23(22)13-24(28-25(29)30)32-11-9-17-2-4-19(5-3-17)33-21-14-26-16-27-15-21/h2-7,12-16H,8-11H2,1H3. The van der Waals surface area contributed by atoms with Gasteiger partial charge in [-0.05, 0) is 47.9 Å². The van der Waals surface area contributed by atoms with Crippen LogP contribution >= 0.6 is 0 Å². The minimum Gasteiger partial charge on any atom is -0.497 e. The number of nitrogens with zero attached hydrogens (tertiary/aromatic N) is 4. The summed E-state index contributed by atoms with van der Waals surface area (Å²) in [5, 5.41) is 0. The highest BCUT2D eigenvalue weighted by atomic mass is 16.5. The van der Waals surface area contributed by atoms with E-state index in [1.807, 2.05) is 48.5 Å². The lowest BCUT2D eigenvalue weighted by Gasteiger charge is -2.22. The third-order valence-electron chi connectivity index (χ3n) is 5.52. The Kier molecular flexibility index (Phi) is 5.72. The van der Waals surface area contributed by atoms with Gasteiger partial charge < -0.3 is 14.2 Å². The molecule has 0 saturated carbocycles. The molecule has 8 heteroatoms. The summed E-state index contributed by atoms with van der Waals surface area (Å²) >= 11 is 0. The highest BCUT2D eigenvalue weighted by molar-refractivity contribution is 5.67. The second-order valence-electron chi connectivity index (χ2n) is 7.61. The number of aromatic nitrogens is 4. The second kappa shape index (κ2) is 9.12. The lowest BCUT2D eigenvalue weighted by atomic mass is 9.97. The molecule has 2 aromatic carbocycles. The number of hydrogen-bond acceptors (Lipinski definition) is 7. The summed E-state index contributed by atoms with van der Waals surface area (Å²) in [6, 6.07) is 15.5. The number of rotatable bonds is 7. The van der Waals surface area contributed by atoms with Crippen molar-refractivity contribution in [3.8, 4) is 34.4 Å². The largest absolute Gasteiger partial charge is 0.497 e. The Morgan fingerprint density at radius 2 is 1.76 bits per heavy atom. The van der Waals surface area contributed by atoms with Gasteiger partial charge in [0.05, 0.1) is 31.8 Å². The molecule has 0 spiro atoms. The number of benzene rings is 2. The van der Waals surface area contributed by atoms with Crippen LogP contribution in [-0.2, 0) is 19.4 Å². The minimum atomic E-state index is -0.296. The Bertz CT molecular complexity index is 1320. The molecule has 8 nitrogen and oxygen atoms in total. The molecule has 0 atom stereocenters. The van der Waals surface area contributed by atoms with Crippen LogP contribution in [0.25, 0.3) is 11.3 Å². The van der Waals surface area contributed by atoms with Crippen molar-refractivity contribution in [1.29, 1.82) is 0 Å². The molecule has 166 valence electrons. The minimum absolute atomic E-state index is 0.296. The van der Waals surface area contributed by atoms with E-state index in [0.29, 0.717) is 37.0 Å². The van der Waals surface area contributed by atoms with Gasteiger partial charge >= 0.3 is 5.69 Å². The zero-order valence-electron chi connectivity index (χ0n) is 18.1. The quantitative estimate of drug-likeness (QED) is 0.431. The van der Waals surface area contributed by atoms with Crippen LogP contribution in [0.2, 0.25) is 0 Å². The second-order valence-corrected chi connectivity index (χ2v) is 7.61. The molecule has 3 heterocycles. The topological polar surface area (TPSA) is 88.4 Å². The van der Waals surface area contributed by atoms with Gasteiger partial charge in [-0.25, -0.2) is 14.8 Å². The van der Waals surface area contributed by atoms with E-state index >= 15 is 0 Å².